The predicted molar refractivity (Wildman–Crippen MR) is 95.4 cm³/mol. The predicted octanol–water partition coefficient (Wildman–Crippen LogP) is 4.51. The molecule has 0 saturated heterocycles. The first-order valence-electron chi connectivity index (χ1n) is 6.81. The SMILES string of the molecule is O=C(/C=C/c1cccc(Cl)c1)Nc1nc2ccc([N+](=O)[O-])cc2s1. The number of nitrogens with one attached hydrogen (secondary N) is 1. The van der Waals surface area contributed by atoms with Gasteiger partial charge in [-0.05, 0) is 29.8 Å². The molecule has 0 aliphatic heterocycles. The molecule has 3 aromatic rings. The first-order chi connectivity index (χ1) is 11.5. The third-order valence-electron chi connectivity index (χ3n) is 3.09. The molecule has 6 nitrogen and oxygen atoms in total. The van der Waals surface area contributed by atoms with Crippen LogP contribution in [0.1, 0.15) is 5.56 Å². The van der Waals surface area contributed by atoms with Crippen molar-refractivity contribution in [2.24, 2.45) is 0 Å². The van der Waals surface area contributed by atoms with Crippen LogP contribution in [-0.2, 0) is 4.79 Å². The van der Waals surface area contributed by atoms with E-state index in [1.54, 1.807) is 30.3 Å². The summed E-state index contributed by atoms with van der Waals surface area (Å²) in [7, 11) is 0. The minimum Gasteiger partial charge on any atom is -0.298 e. The fourth-order valence-corrected chi connectivity index (χ4v) is 3.11. The van der Waals surface area contributed by atoms with Crippen molar-refractivity contribution in [2.75, 3.05) is 5.32 Å². The molecule has 0 saturated carbocycles. The lowest BCUT2D eigenvalue weighted by Gasteiger charge is -1.96. The lowest BCUT2D eigenvalue weighted by molar-refractivity contribution is -0.384. The van der Waals surface area contributed by atoms with Gasteiger partial charge in [0, 0.05) is 23.2 Å². The highest BCUT2D eigenvalue weighted by molar-refractivity contribution is 7.22. The maximum Gasteiger partial charge on any atom is 0.270 e. The molecule has 0 bridgehead atoms. The van der Waals surface area contributed by atoms with Crippen molar-refractivity contribution >= 4 is 56.0 Å². The Kier molecular flexibility index (Phi) is 4.54. The molecule has 120 valence electrons. The molecule has 0 unspecified atom stereocenters. The van der Waals surface area contributed by atoms with Crippen LogP contribution in [0.2, 0.25) is 5.02 Å². The fraction of sp³-hybridized carbons (Fsp3) is 0. The number of carbonyl (C=O) groups is 1. The fourth-order valence-electron chi connectivity index (χ4n) is 2.01. The van der Waals surface area contributed by atoms with Crippen LogP contribution in [0.15, 0.2) is 48.5 Å². The van der Waals surface area contributed by atoms with Crippen molar-refractivity contribution in [1.29, 1.82) is 0 Å². The largest absolute Gasteiger partial charge is 0.298 e. The van der Waals surface area contributed by atoms with Gasteiger partial charge in [0.1, 0.15) is 0 Å². The highest BCUT2D eigenvalue weighted by atomic mass is 35.5. The van der Waals surface area contributed by atoms with E-state index in [1.807, 2.05) is 6.07 Å². The lowest BCUT2D eigenvalue weighted by Crippen LogP contribution is -2.07. The first-order valence-corrected chi connectivity index (χ1v) is 8.00. The van der Waals surface area contributed by atoms with Crippen LogP contribution in [0.4, 0.5) is 10.8 Å². The monoisotopic (exact) mass is 359 g/mol. The average molecular weight is 360 g/mol. The number of amides is 1. The van der Waals surface area contributed by atoms with Gasteiger partial charge >= 0.3 is 0 Å². The van der Waals surface area contributed by atoms with Crippen molar-refractivity contribution in [3.8, 4) is 0 Å². The van der Waals surface area contributed by atoms with E-state index in [0.29, 0.717) is 20.4 Å². The van der Waals surface area contributed by atoms with Crippen molar-refractivity contribution in [2.45, 2.75) is 0 Å². The number of thiazole rings is 1. The molecule has 3 rings (SSSR count). The molecule has 1 amide bonds. The van der Waals surface area contributed by atoms with E-state index in [1.165, 1.54) is 29.5 Å². The number of benzene rings is 2. The number of nitro benzene ring substituents is 1. The Morgan fingerprint density at radius 3 is 2.88 bits per heavy atom. The van der Waals surface area contributed by atoms with Gasteiger partial charge in [0.25, 0.3) is 5.69 Å². The number of hydrogen-bond donors (Lipinski definition) is 1. The summed E-state index contributed by atoms with van der Waals surface area (Å²) in [5.41, 5.74) is 1.39. The Hall–Kier alpha value is -2.77. The van der Waals surface area contributed by atoms with Gasteiger partial charge in [0.05, 0.1) is 15.1 Å². The molecule has 0 fully saturated rings. The zero-order valence-electron chi connectivity index (χ0n) is 12.1. The Morgan fingerprint density at radius 2 is 2.12 bits per heavy atom. The molecule has 0 atom stereocenters. The van der Waals surface area contributed by atoms with Gasteiger partial charge in [0.2, 0.25) is 5.91 Å². The van der Waals surface area contributed by atoms with Gasteiger partial charge in [-0.1, -0.05) is 35.1 Å². The summed E-state index contributed by atoms with van der Waals surface area (Å²) >= 11 is 7.06. The van der Waals surface area contributed by atoms with Crippen LogP contribution in [0, 0.1) is 10.1 Å². The van der Waals surface area contributed by atoms with Crippen molar-refractivity contribution < 1.29 is 9.72 Å². The zero-order chi connectivity index (χ0) is 17.1. The quantitative estimate of drug-likeness (QED) is 0.422. The number of aromatic nitrogens is 1. The maximum atomic E-state index is 12.0. The van der Waals surface area contributed by atoms with E-state index in [4.69, 9.17) is 11.6 Å². The van der Waals surface area contributed by atoms with E-state index >= 15 is 0 Å². The van der Waals surface area contributed by atoms with E-state index in [0.717, 1.165) is 5.56 Å². The molecule has 0 aliphatic carbocycles. The van der Waals surface area contributed by atoms with Crippen molar-refractivity contribution in [3.05, 3.63) is 69.2 Å². The molecule has 0 aliphatic rings. The van der Waals surface area contributed by atoms with Crippen LogP contribution in [-0.4, -0.2) is 15.8 Å². The summed E-state index contributed by atoms with van der Waals surface area (Å²) in [6.07, 6.45) is 3.01. The summed E-state index contributed by atoms with van der Waals surface area (Å²) in [6.45, 7) is 0. The molecular weight excluding hydrogens is 350 g/mol. The third-order valence-corrected chi connectivity index (χ3v) is 4.26. The Balaban J connectivity index is 1.74. The average Bonchev–Trinajstić information content (AvgIpc) is 2.94. The summed E-state index contributed by atoms with van der Waals surface area (Å²) in [4.78, 5) is 26.5. The number of fused-ring (bicyclic) bond motifs is 1. The molecule has 1 N–H and O–H groups in total. The second-order valence-corrected chi connectivity index (χ2v) is 6.27. The molecule has 0 spiro atoms. The smallest absolute Gasteiger partial charge is 0.270 e. The van der Waals surface area contributed by atoms with Gasteiger partial charge in [0.15, 0.2) is 5.13 Å². The van der Waals surface area contributed by atoms with Crippen LogP contribution in [0.25, 0.3) is 16.3 Å². The first kappa shape index (κ1) is 16.1. The highest BCUT2D eigenvalue weighted by Crippen LogP contribution is 2.29. The number of non-ortho nitro benzene ring substituents is 1. The topological polar surface area (TPSA) is 85.1 Å². The second kappa shape index (κ2) is 6.77. The zero-order valence-corrected chi connectivity index (χ0v) is 13.7. The van der Waals surface area contributed by atoms with E-state index in [-0.39, 0.29) is 11.6 Å². The number of hydrogen-bond acceptors (Lipinski definition) is 5. The van der Waals surface area contributed by atoms with Crippen LogP contribution < -0.4 is 5.32 Å². The maximum absolute atomic E-state index is 12.0. The van der Waals surface area contributed by atoms with Crippen molar-refractivity contribution in [3.63, 3.8) is 0 Å². The summed E-state index contributed by atoms with van der Waals surface area (Å²) < 4.78 is 0.637. The highest BCUT2D eigenvalue weighted by Gasteiger charge is 2.11. The minimum atomic E-state index is -0.467. The van der Waals surface area contributed by atoms with Gasteiger partial charge in [-0.25, -0.2) is 4.98 Å². The Bertz CT molecular complexity index is 968. The molecule has 24 heavy (non-hydrogen) atoms. The Labute approximate surface area is 145 Å². The minimum absolute atomic E-state index is 0.00937. The van der Waals surface area contributed by atoms with Gasteiger partial charge in [-0.2, -0.15) is 0 Å². The number of nitrogens with zero attached hydrogens (tertiary/aromatic N) is 2. The number of halogens is 1. The number of nitro groups is 1. The van der Waals surface area contributed by atoms with Gasteiger partial charge < -0.3 is 0 Å². The number of carbonyl (C=O) groups excluding carboxylic acids is 1. The number of anilines is 1. The molecule has 8 heteroatoms. The van der Waals surface area contributed by atoms with E-state index < -0.39 is 4.92 Å². The molecule has 1 heterocycles. The molecule has 2 aromatic carbocycles. The van der Waals surface area contributed by atoms with E-state index in [2.05, 4.69) is 10.3 Å². The molecule has 0 radical (unpaired) electrons. The van der Waals surface area contributed by atoms with Crippen LogP contribution in [0.3, 0.4) is 0 Å². The molecular formula is C16H10ClN3O3S. The van der Waals surface area contributed by atoms with Crippen LogP contribution >= 0.6 is 22.9 Å². The second-order valence-electron chi connectivity index (χ2n) is 4.81. The molecule has 1 aromatic heterocycles. The number of rotatable bonds is 4. The summed E-state index contributed by atoms with van der Waals surface area (Å²) in [6, 6.07) is 11.5. The summed E-state index contributed by atoms with van der Waals surface area (Å²) in [5.74, 6) is -0.344. The van der Waals surface area contributed by atoms with Gasteiger partial charge in [-0.15, -0.1) is 0 Å². The third kappa shape index (κ3) is 3.76. The van der Waals surface area contributed by atoms with E-state index in [9.17, 15) is 14.9 Å². The lowest BCUT2D eigenvalue weighted by atomic mass is 10.2. The van der Waals surface area contributed by atoms with Crippen LogP contribution in [0.5, 0.6) is 0 Å². The normalized spacial score (nSPS) is 11.0. The van der Waals surface area contributed by atoms with Gasteiger partial charge in [-0.3, -0.25) is 20.2 Å². The standard InChI is InChI=1S/C16H10ClN3O3S/c17-11-3-1-2-10(8-11)4-7-15(21)19-16-18-13-6-5-12(20(22)23)9-14(13)24-16/h1-9H,(H,18,19,21)/b7-4+. The Morgan fingerprint density at radius 1 is 1.29 bits per heavy atom. The van der Waals surface area contributed by atoms with Crippen molar-refractivity contribution in [1.82, 2.24) is 4.98 Å². The summed E-state index contributed by atoms with van der Waals surface area (Å²) in [5, 5.41) is 14.4.